The maximum Gasteiger partial charge on any atom is 0.418 e. The van der Waals surface area contributed by atoms with Gasteiger partial charge in [-0.1, -0.05) is 68.1 Å². The second-order valence-electron chi connectivity index (χ2n) is 7.36. The van der Waals surface area contributed by atoms with E-state index in [1.807, 2.05) is 28.8 Å². The van der Waals surface area contributed by atoms with Crippen molar-refractivity contribution < 1.29 is 18.0 Å². The molecule has 3 aromatic rings. The summed E-state index contributed by atoms with van der Waals surface area (Å²) in [6.45, 7) is 8.41. The van der Waals surface area contributed by atoms with Crippen molar-refractivity contribution in [1.29, 1.82) is 0 Å². The highest BCUT2D eigenvalue weighted by Crippen LogP contribution is 2.34. The van der Waals surface area contributed by atoms with E-state index in [1.165, 1.54) is 23.8 Å². The molecule has 1 amide bonds. The van der Waals surface area contributed by atoms with Crippen LogP contribution in [0.1, 0.15) is 30.9 Å². The Labute approximate surface area is 188 Å². The second kappa shape index (κ2) is 10.0. The number of para-hydroxylation sites is 1. The summed E-state index contributed by atoms with van der Waals surface area (Å²) in [6.07, 6.45) is -2.86. The minimum atomic E-state index is -4.55. The highest BCUT2D eigenvalue weighted by Gasteiger charge is 2.33. The lowest BCUT2D eigenvalue weighted by Crippen LogP contribution is -2.18. The van der Waals surface area contributed by atoms with E-state index in [2.05, 4.69) is 35.9 Å². The van der Waals surface area contributed by atoms with Gasteiger partial charge in [-0.2, -0.15) is 13.2 Å². The third-order valence-corrected chi connectivity index (χ3v) is 5.67. The fraction of sp³-hybridized carbons (Fsp3) is 0.261. The molecule has 0 fully saturated rings. The first-order chi connectivity index (χ1) is 15.2. The third-order valence-electron chi connectivity index (χ3n) is 4.70. The van der Waals surface area contributed by atoms with Crippen LogP contribution in [0.5, 0.6) is 0 Å². The number of amides is 1. The molecule has 0 radical (unpaired) electrons. The first-order valence-electron chi connectivity index (χ1n) is 9.94. The molecule has 1 N–H and O–H groups in total. The Bertz CT molecular complexity index is 1090. The summed E-state index contributed by atoms with van der Waals surface area (Å²) in [5.74, 6) is 0.351. The number of anilines is 1. The molecule has 32 heavy (non-hydrogen) atoms. The van der Waals surface area contributed by atoms with E-state index in [1.54, 1.807) is 6.08 Å². The summed E-state index contributed by atoms with van der Waals surface area (Å²) in [5.41, 5.74) is 0.914. The van der Waals surface area contributed by atoms with Crippen LogP contribution in [-0.2, 0) is 17.5 Å². The van der Waals surface area contributed by atoms with Gasteiger partial charge in [0.05, 0.1) is 17.0 Å². The lowest BCUT2D eigenvalue weighted by molar-refractivity contribution is -0.137. The normalized spacial score (nSPS) is 11.6. The molecule has 2 aromatic carbocycles. The monoisotopic (exact) mass is 460 g/mol. The van der Waals surface area contributed by atoms with Gasteiger partial charge in [0, 0.05) is 12.1 Å². The van der Waals surface area contributed by atoms with E-state index in [4.69, 9.17) is 0 Å². The Kier molecular flexibility index (Phi) is 7.40. The van der Waals surface area contributed by atoms with Gasteiger partial charge in [-0.15, -0.1) is 16.8 Å². The number of alkyl halides is 3. The van der Waals surface area contributed by atoms with Gasteiger partial charge in [-0.25, -0.2) is 0 Å². The van der Waals surface area contributed by atoms with Crippen LogP contribution in [0.15, 0.2) is 66.3 Å². The number of hydrogen-bond donors (Lipinski definition) is 1. The zero-order chi connectivity index (χ0) is 23.3. The standard InChI is InChI=1S/C23H23F3N4OS/c1-4-13-30-21(17-11-9-16(10-12-17)15(2)3)28-29-22(30)32-14-20(31)27-19-8-6-5-7-18(19)23(24,25)26/h4-12,15H,1,13-14H2,2-3H3,(H,27,31). The second-order valence-corrected chi connectivity index (χ2v) is 8.30. The number of hydrogen-bond acceptors (Lipinski definition) is 4. The van der Waals surface area contributed by atoms with E-state index >= 15 is 0 Å². The van der Waals surface area contributed by atoms with Gasteiger partial charge in [0.1, 0.15) is 0 Å². The van der Waals surface area contributed by atoms with Gasteiger partial charge >= 0.3 is 6.18 Å². The van der Waals surface area contributed by atoms with Crippen molar-refractivity contribution in [2.45, 2.75) is 37.6 Å². The van der Waals surface area contributed by atoms with Crippen LogP contribution in [0.2, 0.25) is 0 Å². The highest BCUT2D eigenvalue weighted by atomic mass is 32.2. The fourth-order valence-electron chi connectivity index (χ4n) is 3.08. The molecule has 0 atom stereocenters. The van der Waals surface area contributed by atoms with E-state index in [0.29, 0.717) is 23.4 Å². The molecule has 0 aliphatic heterocycles. The first kappa shape index (κ1) is 23.6. The van der Waals surface area contributed by atoms with Crippen molar-refractivity contribution in [3.05, 3.63) is 72.3 Å². The summed E-state index contributed by atoms with van der Waals surface area (Å²) < 4.78 is 41.2. The van der Waals surface area contributed by atoms with Crippen LogP contribution in [0, 0.1) is 0 Å². The molecule has 0 saturated heterocycles. The smallest absolute Gasteiger partial charge is 0.325 e. The predicted octanol–water partition coefficient (Wildman–Crippen LogP) is 6.00. The highest BCUT2D eigenvalue weighted by molar-refractivity contribution is 7.99. The minimum absolute atomic E-state index is 0.117. The number of allylic oxidation sites excluding steroid dienone is 1. The van der Waals surface area contributed by atoms with Crippen LogP contribution < -0.4 is 5.32 Å². The Morgan fingerprint density at radius 3 is 2.47 bits per heavy atom. The summed E-state index contributed by atoms with van der Waals surface area (Å²) >= 11 is 1.10. The average molecular weight is 461 g/mol. The Morgan fingerprint density at radius 2 is 1.84 bits per heavy atom. The van der Waals surface area contributed by atoms with Gasteiger partial charge < -0.3 is 5.32 Å². The van der Waals surface area contributed by atoms with Gasteiger partial charge in [-0.05, 0) is 23.6 Å². The average Bonchev–Trinajstić information content (AvgIpc) is 3.15. The molecule has 0 aliphatic carbocycles. The zero-order valence-electron chi connectivity index (χ0n) is 17.7. The number of carbonyl (C=O) groups is 1. The molecule has 0 saturated carbocycles. The SMILES string of the molecule is C=CCn1c(SCC(=O)Nc2ccccc2C(F)(F)F)nnc1-c1ccc(C(C)C)cc1. The summed E-state index contributed by atoms with van der Waals surface area (Å²) in [7, 11) is 0. The van der Waals surface area contributed by atoms with Crippen LogP contribution in [0.3, 0.4) is 0 Å². The van der Waals surface area contributed by atoms with Crippen molar-refractivity contribution in [1.82, 2.24) is 14.8 Å². The van der Waals surface area contributed by atoms with Crippen LogP contribution in [0.25, 0.3) is 11.4 Å². The molecule has 168 valence electrons. The minimum Gasteiger partial charge on any atom is -0.325 e. The number of thioether (sulfide) groups is 1. The lowest BCUT2D eigenvalue weighted by Gasteiger charge is -2.13. The quantitative estimate of drug-likeness (QED) is 0.331. The van der Waals surface area contributed by atoms with Crippen molar-refractivity contribution in [3.63, 3.8) is 0 Å². The van der Waals surface area contributed by atoms with Crippen molar-refractivity contribution in [2.24, 2.45) is 0 Å². The molecule has 3 rings (SSSR count). The van der Waals surface area contributed by atoms with E-state index in [0.717, 1.165) is 23.4 Å². The Balaban J connectivity index is 1.74. The number of benzene rings is 2. The number of halogens is 3. The van der Waals surface area contributed by atoms with Gasteiger partial charge in [-0.3, -0.25) is 9.36 Å². The number of nitrogens with one attached hydrogen (secondary N) is 1. The number of aromatic nitrogens is 3. The number of nitrogens with zero attached hydrogens (tertiary/aromatic N) is 3. The molecule has 0 aliphatic rings. The van der Waals surface area contributed by atoms with E-state index < -0.39 is 17.6 Å². The van der Waals surface area contributed by atoms with Gasteiger partial charge in [0.25, 0.3) is 0 Å². The molecule has 0 unspecified atom stereocenters. The molecule has 0 bridgehead atoms. The largest absolute Gasteiger partial charge is 0.418 e. The topological polar surface area (TPSA) is 59.8 Å². The molecule has 1 aromatic heterocycles. The number of rotatable bonds is 8. The Morgan fingerprint density at radius 1 is 1.16 bits per heavy atom. The molecule has 5 nitrogen and oxygen atoms in total. The van der Waals surface area contributed by atoms with Crippen molar-refractivity contribution in [2.75, 3.05) is 11.1 Å². The summed E-state index contributed by atoms with van der Waals surface area (Å²) in [6, 6.07) is 12.9. The zero-order valence-corrected chi connectivity index (χ0v) is 18.5. The first-order valence-corrected chi connectivity index (χ1v) is 10.9. The van der Waals surface area contributed by atoms with Gasteiger partial charge in [0.15, 0.2) is 11.0 Å². The molecule has 1 heterocycles. The fourth-order valence-corrected chi connectivity index (χ4v) is 3.82. The van der Waals surface area contributed by atoms with E-state index in [-0.39, 0.29) is 11.4 Å². The van der Waals surface area contributed by atoms with Gasteiger partial charge in [0.2, 0.25) is 5.91 Å². The van der Waals surface area contributed by atoms with E-state index in [9.17, 15) is 18.0 Å². The van der Waals surface area contributed by atoms with Crippen LogP contribution in [-0.4, -0.2) is 26.4 Å². The summed E-state index contributed by atoms with van der Waals surface area (Å²) in [5, 5.41) is 11.2. The maximum atomic E-state index is 13.1. The molecular weight excluding hydrogens is 437 g/mol. The summed E-state index contributed by atoms with van der Waals surface area (Å²) in [4.78, 5) is 12.3. The van der Waals surface area contributed by atoms with Crippen molar-refractivity contribution in [3.8, 4) is 11.4 Å². The third kappa shape index (κ3) is 5.59. The predicted molar refractivity (Wildman–Crippen MR) is 121 cm³/mol. The van der Waals surface area contributed by atoms with Crippen LogP contribution in [0.4, 0.5) is 18.9 Å². The van der Waals surface area contributed by atoms with Crippen LogP contribution >= 0.6 is 11.8 Å². The molecular formula is C23H23F3N4OS. The number of carbonyl (C=O) groups excluding carboxylic acids is 1. The maximum absolute atomic E-state index is 13.1. The Hall–Kier alpha value is -3.07. The lowest BCUT2D eigenvalue weighted by atomic mass is 10.0. The molecule has 9 heteroatoms. The molecule has 0 spiro atoms. The van der Waals surface area contributed by atoms with Crippen molar-refractivity contribution >= 4 is 23.4 Å².